The summed E-state index contributed by atoms with van der Waals surface area (Å²) in [4.78, 5) is 22.1. The average Bonchev–Trinajstić information content (AvgIpc) is 2.29. The Labute approximate surface area is 69.4 Å². The second-order valence-electron chi connectivity index (χ2n) is 2.72. The number of carbonyl (C=O) groups excluding carboxylic acids is 2. The summed E-state index contributed by atoms with van der Waals surface area (Å²) in [5.74, 6) is -0.827. The molecule has 1 aromatic rings. The first kappa shape index (κ1) is 7.03. The molecule has 2 amide bonds. The first-order valence-corrected chi connectivity index (χ1v) is 3.60. The van der Waals surface area contributed by atoms with Crippen LogP contribution in [-0.2, 0) is 0 Å². The molecule has 1 aromatic carbocycles. The highest BCUT2D eigenvalue weighted by atomic mass is 16.2. The molecule has 0 saturated heterocycles. The maximum atomic E-state index is 11.1. The number of imide groups is 1. The van der Waals surface area contributed by atoms with Crippen molar-refractivity contribution in [2.45, 2.75) is 6.92 Å². The molecule has 1 aliphatic rings. The zero-order valence-corrected chi connectivity index (χ0v) is 6.50. The Bertz CT molecular complexity index is 382. The molecule has 0 aliphatic carbocycles. The van der Waals surface area contributed by atoms with Crippen molar-refractivity contribution in [2.75, 3.05) is 0 Å². The van der Waals surface area contributed by atoms with Crippen LogP contribution in [-0.4, -0.2) is 11.8 Å². The van der Waals surface area contributed by atoms with E-state index in [1.54, 1.807) is 25.1 Å². The van der Waals surface area contributed by atoms with Crippen molar-refractivity contribution in [1.29, 1.82) is 0 Å². The Hall–Kier alpha value is -1.64. The molecule has 1 heterocycles. The summed E-state index contributed by atoms with van der Waals surface area (Å²) in [6.45, 7) is 1.80. The third-order valence-electron chi connectivity index (χ3n) is 1.92. The predicted octanol–water partition coefficient (Wildman–Crippen LogP) is 0.893. The van der Waals surface area contributed by atoms with E-state index in [0.29, 0.717) is 11.1 Å². The minimum atomic E-state index is -0.418. The van der Waals surface area contributed by atoms with Crippen LogP contribution in [0.3, 0.4) is 0 Å². The van der Waals surface area contributed by atoms with Gasteiger partial charge in [0.1, 0.15) is 0 Å². The average molecular weight is 160 g/mol. The van der Waals surface area contributed by atoms with Crippen LogP contribution >= 0.6 is 0 Å². The maximum Gasteiger partial charge on any atom is 0.281 e. The van der Waals surface area contributed by atoms with Crippen LogP contribution in [0.4, 0.5) is 0 Å². The van der Waals surface area contributed by atoms with E-state index in [0.717, 1.165) is 5.56 Å². The van der Waals surface area contributed by atoms with Gasteiger partial charge in [0.15, 0.2) is 0 Å². The number of nitrogens with zero attached hydrogens (tertiary/aromatic N) is 1. The molecule has 0 unspecified atom stereocenters. The lowest BCUT2D eigenvalue weighted by Crippen LogP contribution is -2.11. The quantitative estimate of drug-likeness (QED) is 0.529. The van der Waals surface area contributed by atoms with E-state index < -0.39 is 11.8 Å². The number of hydrogen-bond acceptors (Lipinski definition) is 2. The number of benzene rings is 1. The van der Waals surface area contributed by atoms with Crippen LogP contribution in [0.5, 0.6) is 0 Å². The highest BCUT2D eigenvalue weighted by Crippen LogP contribution is 2.19. The fraction of sp³-hybridized carbons (Fsp3) is 0.111. The van der Waals surface area contributed by atoms with Crippen molar-refractivity contribution < 1.29 is 9.59 Å². The lowest BCUT2D eigenvalue weighted by atomic mass is 10.0. The van der Waals surface area contributed by atoms with Gasteiger partial charge in [0.05, 0.1) is 11.1 Å². The number of fused-ring (bicyclic) bond motifs is 1. The van der Waals surface area contributed by atoms with Gasteiger partial charge in [-0.05, 0) is 18.6 Å². The SMILES string of the molecule is Cc1cccc2c1C(=O)[N]C2=O. The molecule has 0 aromatic heterocycles. The third-order valence-corrected chi connectivity index (χ3v) is 1.92. The molecule has 12 heavy (non-hydrogen) atoms. The summed E-state index contributed by atoms with van der Waals surface area (Å²) in [6, 6.07) is 5.17. The predicted molar refractivity (Wildman–Crippen MR) is 42.0 cm³/mol. The van der Waals surface area contributed by atoms with Crippen molar-refractivity contribution in [2.24, 2.45) is 0 Å². The van der Waals surface area contributed by atoms with Crippen molar-refractivity contribution in [1.82, 2.24) is 5.32 Å². The number of rotatable bonds is 0. The zero-order valence-electron chi connectivity index (χ0n) is 6.50. The normalized spacial score (nSPS) is 14.4. The van der Waals surface area contributed by atoms with Gasteiger partial charge in [0.2, 0.25) is 0 Å². The smallest absolute Gasteiger partial charge is 0.267 e. The van der Waals surface area contributed by atoms with E-state index in [1.807, 2.05) is 0 Å². The first-order valence-electron chi connectivity index (χ1n) is 3.60. The second-order valence-corrected chi connectivity index (χ2v) is 2.72. The van der Waals surface area contributed by atoms with Crippen molar-refractivity contribution >= 4 is 11.8 Å². The van der Waals surface area contributed by atoms with Gasteiger partial charge in [-0.1, -0.05) is 12.1 Å². The fourth-order valence-electron chi connectivity index (χ4n) is 1.34. The van der Waals surface area contributed by atoms with Crippen LogP contribution < -0.4 is 5.32 Å². The Morgan fingerprint density at radius 2 is 1.92 bits per heavy atom. The number of hydrogen-bond donors (Lipinski definition) is 0. The van der Waals surface area contributed by atoms with Crippen LogP contribution in [0.15, 0.2) is 18.2 Å². The molecule has 3 heteroatoms. The zero-order chi connectivity index (χ0) is 8.72. The summed E-state index contributed by atoms with van der Waals surface area (Å²) >= 11 is 0. The molecule has 0 saturated carbocycles. The molecule has 0 spiro atoms. The molecule has 3 nitrogen and oxygen atoms in total. The van der Waals surface area contributed by atoms with Crippen LogP contribution in [0.25, 0.3) is 0 Å². The number of aryl methyl sites for hydroxylation is 1. The Morgan fingerprint density at radius 3 is 2.58 bits per heavy atom. The molecule has 1 radical (unpaired) electrons. The minimum Gasteiger partial charge on any atom is -0.267 e. The molecular formula is C9H6NO2. The lowest BCUT2D eigenvalue weighted by molar-refractivity contribution is 0.0873. The Morgan fingerprint density at radius 1 is 1.17 bits per heavy atom. The Kier molecular flexibility index (Phi) is 1.27. The highest BCUT2D eigenvalue weighted by Gasteiger charge is 2.29. The van der Waals surface area contributed by atoms with Crippen molar-refractivity contribution in [3.8, 4) is 0 Å². The van der Waals surface area contributed by atoms with Crippen molar-refractivity contribution in [3.63, 3.8) is 0 Å². The van der Waals surface area contributed by atoms with Gasteiger partial charge < -0.3 is 0 Å². The van der Waals surface area contributed by atoms with Gasteiger partial charge in [-0.3, -0.25) is 9.59 Å². The molecule has 0 N–H and O–H groups in total. The van der Waals surface area contributed by atoms with E-state index in [2.05, 4.69) is 5.32 Å². The largest absolute Gasteiger partial charge is 0.281 e. The molecular weight excluding hydrogens is 154 g/mol. The van der Waals surface area contributed by atoms with Gasteiger partial charge in [0.25, 0.3) is 11.8 Å². The fourth-order valence-corrected chi connectivity index (χ4v) is 1.34. The minimum absolute atomic E-state index is 0.409. The van der Waals surface area contributed by atoms with Crippen LogP contribution in [0, 0.1) is 6.92 Å². The Balaban J connectivity index is 2.75. The third kappa shape index (κ3) is 0.763. The van der Waals surface area contributed by atoms with Gasteiger partial charge in [-0.15, -0.1) is 0 Å². The monoisotopic (exact) mass is 160 g/mol. The topological polar surface area (TPSA) is 48.2 Å². The first-order chi connectivity index (χ1) is 5.70. The highest BCUT2D eigenvalue weighted by molar-refractivity contribution is 6.21. The molecule has 0 bridgehead atoms. The number of carbonyl (C=O) groups is 2. The van der Waals surface area contributed by atoms with Gasteiger partial charge in [0, 0.05) is 0 Å². The molecule has 0 fully saturated rings. The molecule has 0 atom stereocenters. The van der Waals surface area contributed by atoms with Gasteiger partial charge in [-0.2, -0.15) is 5.32 Å². The van der Waals surface area contributed by atoms with E-state index in [1.165, 1.54) is 0 Å². The van der Waals surface area contributed by atoms with E-state index >= 15 is 0 Å². The lowest BCUT2D eigenvalue weighted by Gasteiger charge is -1.96. The summed E-state index contributed by atoms with van der Waals surface area (Å²) in [5, 5.41) is 3.34. The summed E-state index contributed by atoms with van der Waals surface area (Å²) in [6.07, 6.45) is 0. The van der Waals surface area contributed by atoms with Crippen LogP contribution in [0.2, 0.25) is 0 Å². The summed E-state index contributed by atoms with van der Waals surface area (Å²) in [5.41, 5.74) is 1.70. The van der Waals surface area contributed by atoms with Gasteiger partial charge in [-0.25, -0.2) is 0 Å². The van der Waals surface area contributed by atoms with E-state index in [-0.39, 0.29) is 0 Å². The van der Waals surface area contributed by atoms with E-state index in [4.69, 9.17) is 0 Å². The summed E-state index contributed by atoms with van der Waals surface area (Å²) in [7, 11) is 0. The van der Waals surface area contributed by atoms with E-state index in [9.17, 15) is 9.59 Å². The molecule has 2 rings (SSSR count). The second kappa shape index (κ2) is 2.17. The maximum absolute atomic E-state index is 11.1. The summed E-state index contributed by atoms with van der Waals surface area (Å²) < 4.78 is 0. The van der Waals surface area contributed by atoms with Crippen molar-refractivity contribution in [3.05, 3.63) is 34.9 Å². The molecule has 59 valence electrons. The molecule has 1 aliphatic heterocycles. The number of amides is 2. The standard InChI is InChI=1S/C9H6NO2/c1-5-3-2-4-6-7(5)9(12)10-8(6)11/h2-4H,1H3. The van der Waals surface area contributed by atoms with Crippen LogP contribution in [0.1, 0.15) is 26.3 Å². The van der Waals surface area contributed by atoms with Gasteiger partial charge >= 0.3 is 0 Å².